The standard InChI is InChI=1S/C23H27N5O3S/c1-27-20-18(22(30)28(2)23(27)31)21(26-19(25-20)16-10-6-7-11-16)32-14-17(29)24-13-12-15-8-4-3-5-9-15/h3-5,8-9,16H,6-7,10-14H2,1-2H3,(H,24,29). The van der Waals surface area contributed by atoms with Crippen molar-refractivity contribution in [2.24, 2.45) is 14.1 Å². The van der Waals surface area contributed by atoms with Crippen LogP contribution in [0.1, 0.15) is 43.0 Å². The van der Waals surface area contributed by atoms with Crippen LogP contribution in [-0.4, -0.2) is 37.3 Å². The molecule has 32 heavy (non-hydrogen) atoms. The fourth-order valence-electron chi connectivity index (χ4n) is 4.09. The van der Waals surface area contributed by atoms with Gasteiger partial charge in [-0.1, -0.05) is 54.9 Å². The van der Waals surface area contributed by atoms with Gasteiger partial charge >= 0.3 is 5.69 Å². The molecular formula is C23H27N5O3S. The lowest BCUT2D eigenvalue weighted by Crippen LogP contribution is -2.38. The van der Waals surface area contributed by atoms with Crippen molar-refractivity contribution in [3.05, 3.63) is 62.6 Å². The van der Waals surface area contributed by atoms with E-state index >= 15 is 0 Å². The normalized spacial score (nSPS) is 14.2. The van der Waals surface area contributed by atoms with Crippen molar-refractivity contribution < 1.29 is 4.79 Å². The van der Waals surface area contributed by atoms with E-state index < -0.39 is 11.2 Å². The van der Waals surface area contributed by atoms with Crippen LogP contribution in [0.4, 0.5) is 0 Å². The molecule has 2 heterocycles. The van der Waals surface area contributed by atoms with Gasteiger partial charge in [0.05, 0.1) is 5.75 Å². The van der Waals surface area contributed by atoms with E-state index in [9.17, 15) is 14.4 Å². The number of aryl methyl sites for hydroxylation is 1. The van der Waals surface area contributed by atoms with E-state index in [1.54, 1.807) is 7.05 Å². The van der Waals surface area contributed by atoms with Crippen molar-refractivity contribution in [3.63, 3.8) is 0 Å². The summed E-state index contributed by atoms with van der Waals surface area (Å²) in [5.74, 6) is 0.890. The molecule has 1 amide bonds. The number of hydrogen-bond acceptors (Lipinski definition) is 6. The van der Waals surface area contributed by atoms with Gasteiger partial charge in [0.1, 0.15) is 16.2 Å². The van der Waals surface area contributed by atoms with Crippen molar-refractivity contribution in [3.8, 4) is 0 Å². The van der Waals surface area contributed by atoms with Crippen LogP contribution in [0.2, 0.25) is 0 Å². The molecule has 4 rings (SSSR count). The number of carbonyl (C=O) groups excluding carboxylic acids is 1. The van der Waals surface area contributed by atoms with Gasteiger partial charge in [-0.3, -0.25) is 18.7 Å². The Morgan fingerprint density at radius 2 is 1.81 bits per heavy atom. The minimum Gasteiger partial charge on any atom is -0.355 e. The highest BCUT2D eigenvalue weighted by atomic mass is 32.2. The van der Waals surface area contributed by atoms with Crippen molar-refractivity contribution in [2.45, 2.75) is 43.0 Å². The summed E-state index contributed by atoms with van der Waals surface area (Å²) in [5.41, 5.74) is 0.635. The number of nitrogens with one attached hydrogen (secondary N) is 1. The maximum atomic E-state index is 12.9. The molecule has 0 radical (unpaired) electrons. The predicted molar refractivity (Wildman–Crippen MR) is 125 cm³/mol. The summed E-state index contributed by atoms with van der Waals surface area (Å²) in [6.45, 7) is 0.539. The lowest BCUT2D eigenvalue weighted by Gasteiger charge is -2.14. The highest BCUT2D eigenvalue weighted by molar-refractivity contribution is 8.00. The first kappa shape index (κ1) is 22.3. The van der Waals surface area contributed by atoms with E-state index in [2.05, 4.69) is 10.3 Å². The zero-order valence-electron chi connectivity index (χ0n) is 18.3. The van der Waals surface area contributed by atoms with E-state index in [1.807, 2.05) is 30.3 Å². The van der Waals surface area contributed by atoms with Gasteiger partial charge in [-0.15, -0.1) is 0 Å². The first-order valence-corrected chi connectivity index (χ1v) is 11.9. The van der Waals surface area contributed by atoms with Crippen LogP contribution in [0.15, 0.2) is 44.9 Å². The Labute approximate surface area is 190 Å². The van der Waals surface area contributed by atoms with Crippen LogP contribution < -0.4 is 16.6 Å². The number of carbonyl (C=O) groups is 1. The Morgan fingerprint density at radius 1 is 1.09 bits per heavy atom. The highest BCUT2D eigenvalue weighted by Crippen LogP contribution is 2.34. The average Bonchev–Trinajstić information content (AvgIpc) is 3.35. The largest absolute Gasteiger partial charge is 0.355 e. The molecule has 1 N–H and O–H groups in total. The zero-order chi connectivity index (χ0) is 22.7. The molecule has 1 fully saturated rings. The van der Waals surface area contributed by atoms with Crippen molar-refractivity contribution in [1.29, 1.82) is 0 Å². The average molecular weight is 454 g/mol. The van der Waals surface area contributed by atoms with Crippen LogP contribution in [0.3, 0.4) is 0 Å². The second kappa shape index (κ2) is 9.68. The van der Waals surface area contributed by atoms with Crippen LogP contribution in [0, 0.1) is 0 Å². The number of thioether (sulfide) groups is 1. The molecule has 3 aromatic rings. The van der Waals surface area contributed by atoms with E-state index in [1.165, 1.54) is 23.4 Å². The number of hydrogen-bond donors (Lipinski definition) is 1. The third kappa shape index (κ3) is 4.62. The molecule has 0 atom stereocenters. The summed E-state index contributed by atoms with van der Waals surface area (Å²) in [6.07, 6.45) is 4.98. The minimum atomic E-state index is -0.437. The van der Waals surface area contributed by atoms with Crippen molar-refractivity contribution >= 4 is 28.7 Å². The third-order valence-electron chi connectivity index (χ3n) is 5.92. The monoisotopic (exact) mass is 453 g/mol. The molecular weight excluding hydrogens is 426 g/mol. The maximum absolute atomic E-state index is 12.9. The van der Waals surface area contributed by atoms with Gasteiger partial charge in [0.25, 0.3) is 5.56 Å². The molecule has 8 nitrogen and oxygen atoms in total. The molecule has 0 spiro atoms. The van der Waals surface area contributed by atoms with Crippen LogP contribution in [0.5, 0.6) is 0 Å². The lowest BCUT2D eigenvalue weighted by atomic mass is 10.1. The van der Waals surface area contributed by atoms with E-state index in [0.29, 0.717) is 28.4 Å². The van der Waals surface area contributed by atoms with Gasteiger partial charge in [-0.05, 0) is 24.8 Å². The fourth-order valence-corrected chi connectivity index (χ4v) is 4.94. The Kier molecular flexibility index (Phi) is 6.74. The second-order valence-electron chi connectivity index (χ2n) is 8.15. The van der Waals surface area contributed by atoms with Gasteiger partial charge in [-0.2, -0.15) is 0 Å². The van der Waals surface area contributed by atoms with Crippen LogP contribution in [0.25, 0.3) is 11.0 Å². The van der Waals surface area contributed by atoms with E-state index in [-0.39, 0.29) is 17.6 Å². The van der Waals surface area contributed by atoms with Gasteiger partial charge < -0.3 is 5.32 Å². The summed E-state index contributed by atoms with van der Waals surface area (Å²) in [4.78, 5) is 47.1. The first-order chi connectivity index (χ1) is 15.5. The molecule has 1 aromatic carbocycles. The molecule has 9 heteroatoms. The highest BCUT2D eigenvalue weighted by Gasteiger charge is 2.24. The van der Waals surface area contributed by atoms with Gasteiger partial charge in [0, 0.05) is 26.6 Å². The molecule has 0 bridgehead atoms. The third-order valence-corrected chi connectivity index (χ3v) is 6.90. The van der Waals surface area contributed by atoms with Gasteiger partial charge in [0.2, 0.25) is 5.91 Å². The Hall–Kier alpha value is -2.94. The Balaban J connectivity index is 1.57. The summed E-state index contributed by atoms with van der Waals surface area (Å²) >= 11 is 1.22. The van der Waals surface area contributed by atoms with E-state index in [0.717, 1.165) is 42.2 Å². The smallest absolute Gasteiger partial charge is 0.332 e. The molecule has 2 aromatic heterocycles. The number of rotatable bonds is 7. The van der Waals surface area contributed by atoms with Crippen LogP contribution in [-0.2, 0) is 25.3 Å². The summed E-state index contributed by atoms with van der Waals surface area (Å²) in [5, 5.41) is 3.68. The topological polar surface area (TPSA) is 98.9 Å². The molecule has 0 unspecified atom stereocenters. The number of nitrogens with zero attached hydrogens (tertiary/aromatic N) is 4. The van der Waals surface area contributed by atoms with E-state index in [4.69, 9.17) is 4.98 Å². The number of amides is 1. The Morgan fingerprint density at radius 3 is 2.53 bits per heavy atom. The molecule has 1 aliphatic carbocycles. The maximum Gasteiger partial charge on any atom is 0.332 e. The lowest BCUT2D eigenvalue weighted by molar-refractivity contribution is -0.118. The SMILES string of the molecule is Cn1c(=O)c2c(SCC(=O)NCCc3ccccc3)nc(C3CCCC3)nc2n(C)c1=O. The predicted octanol–water partition coefficient (Wildman–Crippen LogP) is 2.14. The first-order valence-electron chi connectivity index (χ1n) is 10.9. The minimum absolute atomic E-state index is 0.123. The van der Waals surface area contributed by atoms with Gasteiger partial charge in [-0.25, -0.2) is 14.8 Å². The number of fused-ring (bicyclic) bond motifs is 1. The number of benzene rings is 1. The van der Waals surface area contributed by atoms with Gasteiger partial charge in [0.15, 0.2) is 5.65 Å². The zero-order valence-corrected chi connectivity index (χ0v) is 19.2. The summed E-state index contributed by atoms with van der Waals surface area (Å²) < 4.78 is 2.45. The Bertz CT molecular complexity index is 1250. The molecule has 168 valence electrons. The van der Waals surface area contributed by atoms with Crippen LogP contribution >= 0.6 is 11.8 Å². The van der Waals surface area contributed by atoms with Crippen molar-refractivity contribution in [2.75, 3.05) is 12.3 Å². The summed E-state index contributed by atoms with van der Waals surface area (Å²) in [6, 6.07) is 9.97. The quantitative estimate of drug-likeness (QED) is 0.435. The summed E-state index contributed by atoms with van der Waals surface area (Å²) in [7, 11) is 3.06. The molecule has 0 saturated heterocycles. The molecule has 1 saturated carbocycles. The molecule has 0 aliphatic heterocycles. The fraction of sp³-hybridized carbons (Fsp3) is 0.435. The number of aromatic nitrogens is 4. The second-order valence-corrected chi connectivity index (χ2v) is 9.11. The molecule has 1 aliphatic rings. The van der Waals surface area contributed by atoms with Crippen molar-refractivity contribution in [1.82, 2.24) is 24.4 Å².